The molecule has 8 heteroatoms. The Bertz CT molecular complexity index is 1180. The molecule has 2 heterocycles. The van der Waals surface area contributed by atoms with Gasteiger partial charge in [-0.1, -0.05) is 60.7 Å². The van der Waals surface area contributed by atoms with Gasteiger partial charge in [-0.25, -0.2) is 4.79 Å². The summed E-state index contributed by atoms with van der Waals surface area (Å²) in [6.45, 7) is -1.37. The van der Waals surface area contributed by atoms with E-state index in [1.165, 1.54) is 6.07 Å². The lowest BCUT2D eigenvalue weighted by Gasteiger charge is -2.12. The molecule has 1 unspecified atom stereocenters. The van der Waals surface area contributed by atoms with Crippen molar-refractivity contribution in [1.82, 2.24) is 4.57 Å². The number of Topliss-reactive ketones (excluding diaryl/α,β-unsaturated/α-hetero) is 1. The number of carbonyl (C=O) groups is 3. The van der Waals surface area contributed by atoms with Crippen LogP contribution >= 0.6 is 0 Å². The Labute approximate surface area is 187 Å². The van der Waals surface area contributed by atoms with E-state index in [0.717, 1.165) is 0 Å². The molecule has 0 radical (unpaired) electrons. The van der Waals surface area contributed by atoms with Crippen LogP contribution in [0.5, 0.6) is 0 Å². The lowest BCUT2D eigenvalue weighted by molar-refractivity contribution is -0.161. The number of nitrogens with zero attached hydrogens (tertiary/aromatic N) is 1. The predicted octanol–water partition coefficient (Wildman–Crippen LogP) is 5.20. The summed E-state index contributed by atoms with van der Waals surface area (Å²) >= 11 is 0. The van der Waals surface area contributed by atoms with E-state index >= 15 is 0 Å². The molecule has 0 amide bonds. The molecule has 0 fully saturated rings. The third kappa shape index (κ3) is 4.89. The second-order valence-electron chi connectivity index (χ2n) is 7.85. The maximum absolute atomic E-state index is 13.1. The van der Waals surface area contributed by atoms with Gasteiger partial charge < -0.3 is 9.30 Å². The molecule has 4 rings (SSSR count). The molecule has 0 aliphatic carbocycles. The summed E-state index contributed by atoms with van der Waals surface area (Å²) in [6.07, 6.45) is -4.14. The summed E-state index contributed by atoms with van der Waals surface area (Å²) in [5.41, 5.74) is 1.33. The van der Waals surface area contributed by atoms with E-state index in [4.69, 9.17) is 0 Å². The minimum absolute atomic E-state index is 0.0620. The summed E-state index contributed by atoms with van der Waals surface area (Å²) in [6, 6.07) is 18.3. The van der Waals surface area contributed by atoms with Crippen LogP contribution in [0.3, 0.4) is 0 Å². The largest absolute Gasteiger partial charge is 0.452 e. The highest BCUT2D eigenvalue weighted by molar-refractivity contribution is 6.09. The summed E-state index contributed by atoms with van der Waals surface area (Å²) in [4.78, 5) is 38.5. The Balaban J connectivity index is 1.69. The van der Waals surface area contributed by atoms with Gasteiger partial charge in [-0.15, -0.1) is 0 Å². The minimum Gasteiger partial charge on any atom is -0.452 e. The molecule has 1 aliphatic rings. The van der Waals surface area contributed by atoms with Gasteiger partial charge in [0, 0.05) is 35.7 Å². The zero-order chi connectivity index (χ0) is 23.6. The zero-order valence-corrected chi connectivity index (χ0v) is 17.5. The molecular formula is C25H20F3NO4. The third-order valence-corrected chi connectivity index (χ3v) is 5.61. The first-order chi connectivity index (χ1) is 15.7. The first-order valence-electron chi connectivity index (χ1n) is 10.4. The molecule has 3 aromatic rings. The van der Waals surface area contributed by atoms with Crippen molar-refractivity contribution in [3.8, 4) is 0 Å². The van der Waals surface area contributed by atoms with Gasteiger partial charge in [-0.2, -0.15) is 13.2 Å². The van der Waals surface area contributed by atoms with Gasteiger partial charge in [0.1, 0.15) is 0 Å². The van der Waals surface area contributed by atoms with E-state index in [0.29, 0.717) is 29.8 Å². The van der Waals surface area contributed by atoms with Crippen molar-refractivity contribution in [1.29, 1.82) is 0 Å². The number of ketones is 2. The van der Waals surface area contributed by atoms with Gasteiger partial charge in [-0.3, -0.25) is 9.59 Å². The van der Waals surface area contributed by atoms with Crippen molar-refractivity contribution in [2.75, 3.05) is 6.61 Å². The van der Waals surface area contributed by atoms with Crippen LogP contribution in [-0.4, -0.2) is 34.9 Å². The van der Waals surface area contributed by atoms with Crippen molar-refractivity contribution in [3.05, 3.63) is 94.8 Å². The fourth-order valence-corrected chi connectivity index (χ4v) is 4.15. The average molecular weight is 455 g/mol. The highest BCUT2D eigenvalue weighted by Crippen LogP contribution is 2.38. The Hall–Kier alpha value is -3.68. The normalized spacial score (nSPS) is 15.2. The van der Waals surface area contributed by atoms with Gasteiger partial charge in [0.2, 0.25) is 5.78 Å². The number of hydrogen-bond donors (Lipinski definition) is 0. The number of benzene rings is 2. The Morgan fingerprint density at radius 1 is 0.939 bits per heavy atom. The molecule has 0 bridgehead atoms. The summed E-state index contributed by atoms with van der Waals surface area (Å²) in [5.74, 6) is -2.10. The van der Waals surface area contributed by atoms with Crippen LogP contribution in [0.2, 0.25) is 0 Å². The lowest BCUT2D eigenvalue weighted by atomic mass is 9.92. The van der Waals surface area contributed by atoms with Crippen LogP contribution in [0, 0.1) is 0 Å². The smallest absolute Gasteiger partial charge is 0.422 e. The molecule has 0 saturated carbocycles. The second kappa shape index (κ2) is 9.05. The van der Waals surface area contributed by atoms with Gasteiger partial charge in [0.25, 0.3) is 0 Å². The fraction of sp³-hybridized carbons (Fsp3) is 0.240. The fourth-order valence-electron chi connectivity index (χ4n) is 4.15. The van der Waals surface area contributed by atoms with E-state index < -0.39 is 24.7 Å². The number of fused-ring (bicyclic) bond motifs is 1. The molecule has 5 nitrogen and oxygen atoms in total. The molecule has 2 aromatic carbocycles. The number of aromatic nitrogens is 1. The van der Waals surface area contributed by atoms with Crippen LogP contribution in [0.1, 0.15) is 61.2 Å². The molecule has 1 aliphatic heterocycles. The maximum Gasteiger partial charge on any atom is 0.422 e. The van der Waals surface area contributed by atoms with Crippen LogP contribution in [-0.2, 0) is 11.3 Å². The second-order valence-corrected chi connectivity index (χ2v) is 7.85. The SMILES string of the molecule is O=C(CC1CCn2c(C(=O)c3ccccc3)cc(C(=O)OCC(F)(F)F)c21)c1ccccc1. The first-order valence-corrected chi connectivity index (χ1v) is 10.4. The van der Waals surface area contributed by atoms with Crippen LogP contribution in [0.4, 0.5) is 13.2 Å². The van der Waals surface area contributed by atoms with Gasteiger partial charge in [0.05, 0.1) is 11.3 Å². The molecule has 33 heavy (non-hydrogen) atoms. The molecule has 0 N–H and O–H groups in total. The zero-order valence-electron chi connectivity index (χ0n) is 17.5. The maximum atomic E-state index is 13.1. The quantitative estimate of drug-likeness (QED) is 0.363. The number of esters is 1. The van der Waals surface area contributed by atoms with E-state index in [9.17, 15) is 27.6 Å². The Morgan fingerprint density at radius 2 is 1.55 bits per heavy atom. The van der Waals surface area contributed by atoms with Crippen LogP contribution in [0.25, 0.3) is 0 Å². The number of hydrogen-bond acceptors (Lipinski definition) is 4. The van der Waals surface area contributed by atoms with Crippen molar-refractivity contribution >= 4 is 17.5 Å². The molecule has 1 atom stereocenters. The highest BCUT2D eigenvalue weighted by atomic mass is 19.4. The Morgan fingerprint density at radius 3 is 2.15 bits per heavy atom. The van der Waals surface area contributed by atoms with Crippen molar-refractivity contribution in [3.63, 3.8) is 0 Å². The molecule has 1 aromatic heterocycles. The molecule has 170 valence electrons. The number of ether oxygens (including phenoxy) is 1. The van der Waals surface area contributed by atoms with Crippen molar-refractivity contribution in [2.45, 2.75) is 31.5 Å². The van der Waals surface area contributed by atoms with Crippen molar-refractivity contribution in [2.24, 2.45) is 0 Å². The third-order valence-electron chi connectivity index (χ3n) is 5.61. The van der Waals surface area contributed by atoms with Crippen LogP contribution in [0.15, 0.2) is 66.7 Å². The molecule has 0 spiro atoms. The van der Waals surface area contributed by atoms with Gasteiger partial charge in [0.15, 0.2) is 12.4 Å². The minimum atomic E-state index is -4.68. The Kier molecular flexibility index (Phi) is 6.18. The van der Waals surface area contributed by atoms with Crippen molar-refractivity contribution < 1.29 is 32.3 Å². The average Bonchev–Trinajstić information content (AvgIpc) is 3.39. The number of alkyl halides is 3. The van der Waals surface area contributed by atoms with Gasteiger partial charge >= 0.3 is 12.1 Å². The molecular weight excluding hydrogens is 435 g/mol. The van der Waals surface area contributed by atoms with E-state index in [1.807, 2.05) is 0 Å². The number of halogens is 3. The van der Waals surface area contributed by atoms with E-state index in [1.54, 1.807) is 65.2 Å². The summed E-state index contributed by atoms with van der Waals surface area (Å²) in [7, 11) is 0. The number of carbonyl (C=O) groups excluding carboxylic acids is 3. The summed E-state index contributed by atoms with van der Waals surface area (Å²) in [5, 5.41) is 0. The predicted molar refractivity (Wildman–Crippen MR) is 113 cm³/mol. The monoisotopic (exact) mass is 455 g/mol. The van der Waals surface area contributed by atoms with E-state index in [2.05, 4.69) is 4.74 Å². The molecule has 0 saturated heterocycles. The lowest BCUT2D eigenvalue weighted by Crippen LogP contribution is -2.21. The summed E-state index contributed by atoms with van der Waals surface area (Å²) < 4.78 is 44.0. The van der Waals surface area contributed by atoms with E-state index in [-0.39, 0.29) is 29.2 Å². The topological polar surface area (TPSA) is 65.4 Å². The number of rotatable bonds is 7. The van der Waals surface area contributed by atoms with Crippen LogP contribution < -0.4 is 0 Å². The highest BCUT2D eigenvalue weighted by Gasteiger charge is 2.36. The standard InChI is InChI=1S/C25H20F3NO4/c26-25(27,28)15-33-24(32)19-14-20(23(31)17-9-5-2-6-10-17)29-12-11-18(22(19)29)13-21(30)16-7-3-1-4-8-16/h1-10,14,18H,11-13,15H2. The first kappa shape index (κ1) is 22.5. The van der Waals surface area contributed by atoms with Gasteiger partial charge in [-0.05, 0) is 12.5 Å².